The van der Waals surface area contributed by atoms with Gasteiger partial charge >= 0.3 is 6.29 Å². The number of fused-ring (bicyclic) bond motifs is 1. The van der Waals surface area contributed by atoms with Gasteiger partial charge in [-0.2, -0.15) is 0 Å². The van der Waals surface area contributed by atoms with Gasteiger partial charge in [0.25, 0.3) is 0 Å². The van der Waals surface area contributed by atoms with Crippen LogP contribution in [0.2, 0.25) is 0 Å². The van der Waals surface area contributed by atoms with E-state index in [1.165, 1.54) is 23.7 Å². The molecule has 2 aromatic rings. The summed E-state index contributed by atoms with van der Waals surface area (Å²) in [5.74, 6) is -0.602. The highest BCUT2D eigenvalue weighted by molar-refractivity contribution is 7.91. The van der Waals surface area contributed by atoms with E-state index in [9.17, 15) is 22.0 Å². The van der Waals surface area contributed by atoms with Crippen LogP contribution in [-0.4, -0.2) is 49.0 Å². The summed E-state index contributed by atoms with van der Waals surface area (Å²) in [7, 11) is -3.29. The van der Waals surface area contributed by atoms with Gasteiger partial charge in [-0.15, -0.1) is 8.78 Å². The lowest BCUT2D eigenvalue weighted by atomic mass is 10.1. The Kier molecular flexibility index (Phi) is 7.08. The fourth-order valence-corrected chi connectivity index (χ4v) is 4.25. The molecule has 0 fully saturated rings. The van der Waals surface area contributed by atoms with Crippen molar-refractivity contribution in [3.63, 3.8) is 0 Å². The van der Waals surface area contributed by atoms with Crippen molar-refractivity contribution in [2.45, 2.75) is 32.1 Å². The van der Waals surface area contributed by atoms with Crippen LogP contribution >= 0.6 is 0 Å². The molecule has 1 amide bonds. The highest BCUT2D eigenvalue weighted by atomic mass is 32.2. The number of rotatable bonds is 11. The molecule has 10 nitrogen and oxygen atoms in total. The van der Waals surface area contributed by atoms with Gasteiger partial charge in [-0.25, -0.2) is 13.9 Å². The van der Waals surface area contributed by atoms with Crippen molar-refractivity contribution in [1.29, 1.82) is 0 Å². The van der Waals surface area contributed by atoms with Gasteiger partial charge in [-0.3, -0.25) is 10.0 Å². The molecule has 170 valence electrons. The van der Waals surface area contributed by atoms with Crippen LogP contribution < -0.4 is 20.3 Å². The van der Waals surface area contributed by atoms with Crippen molar-refractivity contribution in [1.82, 2.24) is 16.0 Å². The Morgan fingerprint density at radius 2 is 1.87 bits per heavy atom. The van der Waals surface area contributed by atoms with E-state index in [4.69, 9.17) is 9.73 Å². The minimum absolute atomic E-state index is 0.0351. The van der Waals surface area contributed by atoms with E-state index in [-0.39, 0.29) is 35.8 Å². The number of amides is 1. The number of nitrogens with zero attached hydrogens (tertiary/aromatic N) is 1. The molecular formula is C18H21F2N3O7S. The van der Waals surface area contributed by atoms with Crippen LogP contribution in [0, 0.1) is 0 Å². The van der Waals surface area contributed by atoms with Gasteiger partial charge in [0.2, 0.25) is 5.91 Å². The van der Waals surface area contributed by atoms with Gasteiger partial charge in [0.1, 0.15) is 9.84 Å². The zero-order valence-corrected chi connectivity index (χ0v) is 17.1. The molecule has 0 saturated carbocycles. The monoisotopic (exact) mass is 461 g/mol. The summed E-state index contributed by atoms with van der Waals surface area (Å²) in [5.41, 5.74) is 2.49. The number of hydrogen-bond donors (Lipinski definition) is 3. The zero-order valence-electron chi connectivity index (χ0n) is 16.3. The number of sulfone groups is 1. The molecule has 2 heterocycles. The van der Waals surface area contributed by atoms with Crippen molar-refractivity contribution >= 4 is 15.7 Å². The predicted octanol–water partition coefficient (Wildman–Crippen LogP) is 1.84. The molecule has 0 radical (unpaired) electrons. The lowest BCUT2D eigenvalue weighted by Crippen LogP contribution is -2.25. The second-order valence-electron chi connectivity index (χ2n) is 6.83. The Morgan fingerprint density at radius 1 is 1.13 bits per heavy atom. The van der Waals surface area contributed by atoms with Crippen LogP contribution in [-0.2, 0) is 21.2 Å². The van der Waals surface area contributed by atoms with Crippen LogP contribution in [0.15, 0.2) is 28.8 Å². The van der Waals surface area contributed by atoms with Crippen molar-refractivity contribution in [2.75, 3.05) is 18.1 Å². The molecule has 1 aromatic heterocycles. The molecule has 3 rings (SSSR count). The van der Waals surface area contributed by atoms with E-state index in [1.54, 1.807) is 6.07 Å². The molecule has 0 spiro atoms. The summed E-state index contributed by atoms with van der Waals surface area (Å²) >= 11 is 0. The number of halogens is 2. The van der Waals surface area contributed by atoms with Crippen molar-refractivity contribution in [3.05, 3.63) is 30.0 Å². The number of alkyl halides is 2. The van der Waals surface area contributed by atoms with E-state index in [0.717, 1.165) is 0 Å². The first-order chi connectivity index (χ1) is 14.7. The lowest BCUT2D eigenvalue weighted by molar-refractivity contribution is -0.286. The average Bonchev–Trinajstić information content (AvgIpc) is 3.29. The third-order valence-electron chi connectivity index (χ3n) is 4.34. The Labute approximate surface area is 176 Å². The molecule has 1 aliphatic rings. The minimum atomic E-state index is -3.70. The summed E-state index contributed by atoms with van der Waals surface area (Å²) in [5, 5.41) is 15.3. The average molecular weight is 461 g/mol. The maximum atomic E-state index is 13.1. The minimum Gasteiger partial charge on any atom is -0.395 e. The number of aromatic nitrogens is 1. The number of hydrogen-bond acceptors (Lipinski definition) is 9. The first kappa shape index (κ1) is 22.9. The van der Waals surface area contributed by atoms with E-state index in [0.29, 0.717) is 36.5 Å². The summed E-state index contributed by atoms with van der Waals surface area (Å²) in [6.07, 6.45) is -3.25. The molecule has 0 saturated heterocycles. The van der Waals surface area contributed by atoms with E-state index >= 15 is 0 Å². The van der Waals surface area contributed by atoms with Crippen LogP contribution in [0.25, 0.3) is 11.3 Å². The Balaban J connectivity index is 1.41. The molecular weight excluding hydrogens is 440 g/mol. The number of hydroxylamine groups is 1. The van der Waals surface area contributed by atoms with Crippen molar-refractivity contribution in [2.24, 2.45) is 0 Å². The van der Waals surface area contributed by atoms with Gasteiger partial charge in [-0.1, -0.05) is 5.16 Å². The second kappa shape index (κ2) is 9.58. The van der Waals surface area contributed by atoms with Crippen LogP contribution in [0.3, 0.4) is 0 Å². The van der Waals surface area contributed by atoms with Crippen molar-refractivity contribution in [3.8, 4) is 22.8 Å². The predicted molar refractivity (Wildman–Crippen MR) is 102 cm³/mol. The molecule has 0 unspecified atom stereocenters. The van der Waals surface area contributed by atoms with Gasteiger partial charge < -0.3 is 19.3 Å². The molecule has 3 N–H and O–H groups in total. The van der Waals surface area contributed by atoms with E-state index < -0.39 is 22.0 Å². The molecule has 0 aliphatic carbocycles. The summed E-state index contributed by atoms with van der Waals surface area (Å²) < 4.78 is 64.0. The third-order valence-corrected chi connectivity index (χ3v) is 6.16. The zero-order chi connectivity index (χ0) is 22.5. The largest absolute Gasteiger partial charge is 0.586 e. The highest BCUT2D eigenvalue weighted by Crippen LogP contribution is 2.42. The van der Waals surface area contributed by atoms with Gasteiger partial charge in [-0.05, 0) is 37.6 Å². The van der Waals surface area contributed by atoms with Crippen LogP contribution in [0.1, 0.15) is 25.0 Å². The quantitative estimate of drug-likeness (QED) is 0.260. The van der Waals surface area contributed by atoms with Crippen LogP contribution in [0.5, 0.6) is 11.5 Å². The maximum absolute atomic E-state index is 13.1. The molecule has 1 aliphatic heterocycles. The van der Waals surface area contributed by atoms with E-state index in [1.807, 2.05) is 0 Å². The van der Waals surface area contributed by atoms with Gasteiger partial charge in [0.15, 0.2) is 17.3 Å². The standard InChI is InChI=1S/C18H21F2N3O7S/c19-18(20)28-14-5-4-12(9-16(14)29-18)15-10-13(23-30-15)11-21-6-2-8-31(26,27)7-1-3-17(24)22-25/h4-5,9-10,21,25H,1-3,6-8,11H2,(H,22,24). The molecule has 31 heavy (non-hydrogen) atoms. The van der Waals surface area contributed by atoms with Crippen LogP contribution in [0.4, 0.5) is 8.78 Å². The molecule has 0 bridgehead atoms. The third kappa shape index (κ3) is 6.60. The van der Waals surface area contributed by atoms with Gasteiger partial charge in [0.05, 0.1) is 17.2 Å². The highest BCUT2D eigenvalue weighted by Gasteiger charge is 2.43. The SMILES string of the molecule is O=C(CCCS(=O)(=O)CCCNCc1cc(-c2ccc3c(c2)OC(F)(F)O3)on1)NO. The smallest absolute Gasteiger partial charge is 0.395 e. The number of nitrogens with one attached hydrogen (secondary N) is 2. The molecule has 1 aromatic carbocycles. The normalized spacial score (nSPS) is 14.5. The van der Waals surface area contributed by atoms with Gasteiger partial charge in [0, 0.05) is 24.6 Å². The first-order valence-electron chi connectivity index (χ1n) is 9.37. The van der Waals surface area contributed by atoms with Crippen molar-refractivity contribution < 1.29 is 41.2 Å². The Bertz CT molecular complexity index is 1030. The fourth-order valence-electron chi connectivity index (χ4n) is 2.88. The molecule has 13 heteroatoms. The summed E-state index contributed by atoms with van der Waals surface area (Å²) in [4.78, 5) is 10.9. The number of carbonyl (C=O) groups is 1. The summed E-state index contributed by atoms with van der Waals surface area (Å²) in [6, 6.07) is 5.88. The number of carbonyl (C=O) groups excluding carboxylic acids is 1. The number of ether oxygens (including phenoxy) is 2. The Hall–Kier alpha value is -2.77. The first-order valence-corrected chi connectivity index (χ1v) is 11.2. The molecule has 0 atom stereocenters. The Morgan fingerprint density at radius 3 is 2.65 bits per heavy atom. The van der Waals surface area contributed by atoms with E-state index in [2.05, 4.69) is 19.9 Å². The summed E-state index contributed by atoms with van der Waals surface area (Å²) in [6.45, 7) is 0.737. The topological polar surface area (TPSA) is 140 Å². The fraction of sp³-hybridized carbons (Fsp3) is 0.444. The lowest BCUT2D eigenvalue weighted by Gasteiger charge is -2.05. The number of benzene rings is 1. The maximum Gasteiger partial charge on any atom is 0.586 e. The second-order valence-corrected chi connectivity index (χ2v) is 9.14.